The highest BCUT2D eigenvalue weighted by Crippen LogP contribution is 2.31. The average molecular weight is 459 g/mol. The fourth-order valence-electron chi connectivity index (χ4n) is 3.80. The highest BCUT2D eigenvalue weighted by molar-refractivity contribution is 6.30. The van der Waals surface area contributed by atoms with Crippen LogP contribution in [0.5, 0.6) is 0 Å². The smallest absolute Gasteiger partial charge is 0.339 e. The third kappa shape index (κ3) is 5.04. The van der Waals surface area contributed by atoms with Crippen molar-refractivity contribution < 1.29 is 14.3 Å². The van der Waals surface area contributed by atoms with Gasteiger partial charge in [-0.1, -0.05) is 72.3 Å². The summed E-state index contributed by atoms with van der Waals surface area (Å²) < 4.78 is 5.43. The number of ether oxygens (including phenoxy) is 1. The first-order valence-corrected chi connectivity index (χ1v) is 11.0. The molecule has 1 aromatic heterocycles. The molecule has 3 aromatic carbocycles. The molecule has 0 aliphatic heterocycles. The molecule has 1 N–H and O–H groups in total. The Morgan fingerprint density at radius 1 is 1.00 bits per heavy atom. The van der Waals surface area contributed by atoms with Gasteiger partial charge >= 0.3 is 5.97 Å². The lowest BCUT2D eigenvalue weighted by molar-refractivity contribution is -0.124. The quantitative estimate of drug-likeness (QED) is 0.365. The second kappa shape index (κ2) is 9.84. The summed E-state index contributed by atoms with van der Waals surface area (Å²) >= 11 is 6.17. The van der Waals surface area contributed by atoms with Gasteiger partial charge in [-0.2, -0.15) is 0 Å². The first-order chi connectivity index (χ1) is 15.9. The number of hydrogen-bond acceptors (Lipinski definition) is 4. The van der Waals surface area contributed by atoms with Crippen molar-refractivity contribution in [1.82, 2.24) is 10.3 Å². The monoisotopic (exact) mass is 458 g/mol. The van der Waals surface area contributed by atoms with Crippen molar-refractivity contribution in [2.75, 3.05) is 6.61 Å². The minimum atomic E-state index is -0.572. The second-order valence-electron chi connectivity index (χ2n) is 7.76. The van der Waals surface area contributed by atoms with E-state index in [1.54, 1.807) is 12.1 Å². The van der Waals surface area contributed by atoms with Gasteiger partial charge in [-0.3, -0.25) is 4.79 Å². The van der Waals surface area contributed by atoms with Crippen LogP contribution < -0.4 is 5.32 Å². The molecule has 0 saturated heterocycles. The molecule has 0 unspecified atom stereocenters. The highest BCUT2D eigenvalue weighted by atomic mass is 35.5. The summed E-state index contributed by atoms with van der Waals surface area (Å²) in [7, 11) is 0. The molecule has 0 aliphatic rings. The van der Waals surface area contributed by atoms with Crippen LogP contribution in [0.25, 0.3) is 22.2 Å². The molecule has 4 rings (SSSR count). The van der Waals surface area contributed by atoms with E-state index < -0.39 is 5.97 Å². The van der Waals surface area contributed by atoms with Crippen LogP contribution in [-0.4, -0.2) is 23.5 Å². The Kier molecular flexibility index (Phi) is 6.71. The van der Waals surface area contributed by atoms with Crippen molar-refractivity contribution in [3.05, 3.63) is 101 Å². The molecule has 0 saturated carbocycles. The summed E-state index contributed by atoms with van der Waals surface area (Å²) in [4.78, 5) is 30.3. The molecule has 0 bridgehead atoms. The van der Waals surface area contributed by atoms with E-state index in [2.05, 4.69) is 5.32 Å². The predicted octanol–water partition coefficient (Wildman–Crippen LogP) is 5.90. The second-order valence-corrected chi connectivity index (χ2v) is 8.20. The van der Waals surface area contributed by atoms with Crippen LogP contribution in [0, 0.1) is 6.92 Å². The fourth-order valence-corrected chi connectivity index (χ4v) is 3.99. The third-order valence-electron chi connectivity index (χ3n) is 5.45. The molecule has 1 atom stereocenters. The summed E-state index contributed by atoms with van der Waals surface area (Å²) in [5.74, 6) is -0.942. The van der Waals surface area contributed by atoms with Crippen molar-refractivity contribution in [2.45, 2.75) is 19.9 Å². The maximum atomic E-state index is 13.1. The van der Waals surface area contributed by atoms with E-state index in [4.69, 9.17) is 21.3 Å². The summed E-state index contributed by atoms with van der Waals surface area (Å²) in [6.45, 7) is 3.33. The number of esters is 1. The zero-order valence-electron chi connectivity index (χ0n) is 18.3. The SMILES string of the molecule is Cc1c(-c2cccc(Cl)c2)nc2ccccc2c1C(=O)OCC(=O)N[C@H](C)c1ccccc1. The Labute approximate surface area is 197 Å². The molecule has 1 heterocycles. The van der Waals surface area contributed by atoms with Gasteiger partial charge in [-0.25, -0.2) is 9.78 Å². The first kappa shape index (κ1) is 22.5. The van der Waals surface area contributed by atoms with Crippen LogP contribution in [0.2, 0.25) is 5.02 Å². The average Bonchev–Trinajstić information content (AvgIpc) is 2.82. The van der Waals surface area contributed by atoms with Crippen LogP contribution in [0.4, 0.5) is 0 Å². The Morgan fingerprint density at radius 3 is 2.48 bits per heavy atom. The topological polar surface area (TPSA) is 68.3 Å². The molecule has 33 heavy (non-hydrogen) atoms. The van der Waals surface area contributed by atoms with Crippen LogP contribution in [0.3, 0.4) is 0 Å². The van der Waals surface area contributed by atoms with Crippen LogP contribution >= 0.6 is 11.6 Å². The van der Waals surface area contributed by atoms with E-state index in [1.807, 2.05) is 80.6 Å². The third-order valence-corrected chi connectivity index (χ3v) is 5.68. The molecule has 0 radical (unpaired) electrons. The summed E-state index contributed by atoms with van der Waals surface area (Å²) in [5, 5.41) is 4.10. The maximum Gasteiger partial charge on any atom is 0.339 e. The number of fused-ring (bicyclic) bond motifs is 1. The standard InChI is InChI=1S/C27H23ClN2O3/c1-17-25(27(32)33-16-24(31)29-18(2)19-9-4-3-5-10-19)22-13-6-7-14-23(22)30-26(17)20-11-8-12-21(28)15-20/h3-15,18H,16H2,1-2H3,(H,29,31)/t18-/m1/s1. The van der Waals surface area contributed by atoms with Crippen LogP contribution in [0.15, 0.2) is 78.9 Å². The Bertz CT molecular complexity index is 1320. The number of para-hydroxylation sites is 1. The summed E-state index contributed by atoms with van der Waals surface area (Å²) in [6, 6.07) is 24.1. The Hall–Kier alpha value is -3.70. The Morgan fingerprint density at radius 2 is 1.73 bits per heavy atom. The fraction of sp³-hybridized carbons (Fsp3) is 0.148. The minimum Gasteiger partial charge on any atom is -0.452 e. The van der Waals surface area contributed by atoms with Crippen molar-refractivity contribution >= 4 is 34.4 Å². The van der Waals surface area contributed by atoms with Crippen LogP contribution in [-0.2, 0) is 9.53 Å². The number of benzene rings is 3. The number of pyridine rings is 1. The molecular weight excluding hydrogens is 436 g/mol. The molecule has 6 heteroatoms. The number of nitrogens with one attached hydrogen (secondary N) is 1. The van der Waals surface area contributed by atoms with Gasteiger partial charge in [-0.05, 0) is 43.2 Å². The van der Waals surface area contributed by atoms with E-state index in [0.29, 0.717) is 32.7 Å². The lowest BCUT2D eigenvalue weighted by Crippen LogP contribution is -2.31. The minimum absolute atomic E-state index is 0.199. The zero-order valence-corrected chi connectivity index (χ0v) is 19.1. The lowest BCUT2D eigenvalue weighted by Gasteiger charge is -2.16. The number of hydrogen-bond donors (Lipinski definition) is 1. The van der Waals surface area contributed by atoms with Gasteiger partial charge in [-0.15, -0.1) is 0 Å². The van der Waals surface area contributed by atoms with Gasteiger partial charge in [0.2, 0.25) is 0 Å². The summed E-state index contributed by atoms with van der Waals surface area (Å²) in [6.07, 6.45) is 0. The number of aromatic nitrogens is 1. The zero-order chi connectivity index (χ0) is 23.4. The number of amides is 1. The molecule has 166 valence electrons. The number of halogens is 1. The molecular formula is C27H23ClN2O3. The van der Waals surface area contributed by atoms with Crippen molar-refractivity contribution in [2.24, 2.45) is 0 Å². The highest BCUT2D eigenvalue weighted by Gasteiger charge is 2.21. The van der Waals surface area contributed by atoms with Crippen molar-refractivity contribution in [1.29, 1.82) is 0 Å². The van der Waals surface area contributed by atoms with Gasteiger partial charge in [0.1, 0.15) is 0 Å². The molecule has 5 nitrogen and oxygen atoms in total. The van der Waals surface area contributed by atoms with Crippen molar-refractivity contribution in [3.63, 3.8) is 0 Å². The molecule has 0 aliphatic carbocycles. The van der Waals surface area contributed by atoms with E-state index in [0.717, 1.165) is 11.1 Å². The first-order valence-electron chi connectivity index (χ1n) is 10.6. The lowest BCUT2D eigenvalue weighted by atomic mass is 9.98. The number of carbonyl (C=O) groups is 2. The van der Waals surface area contributed by atoms with Crippen LogP contribution in [0.1, 0.15) is 34.5 Å². The molecule has 1 amide bonds. The van der Waals surface area contributed by atoms with Gasteiger partial charge in [0.05, 0.1) is 22.8 Å². The summed E-state index contributed by atoms with van der Waals surface area (Å²) in [5.41, 5.74) is 4.13. The number of nitrogens with zero attached hydrogens (tertiary/aromatic N) is 1. The maximum absolute atomic E-state index is 13.1. The van der Waals surface area contributed by atoms with E-state index in [1.165, 1.54) is 0 Å². The van der Waals surface area contributed by atoms with E-state index in [-0.39, 0.29) is 18.6 Å². The van der Waals surface area contributed by atoms with Gasteiger partial charge < -0.3 is 10.1 Å². The number of carbonyl (C=O) groups excluding carboxylic acids is 2. The molecule has 0 spiro atoms. The number of rotatable bonds is 6. The normalized spacial score (nSPS) is 11.7. The predicted molar refractivity (Wildman–Crippen MR) is 130 cm³/mol. The van der Waals surface area contributed by atoms with Gasteiger partial charge in [0.15, 0.2) is 6.61 Å². The Balaban J connectivity index is 1.58. The van der Waals surface area contributed by atoms with Gasteiger partial charge in [0, 0.05) is 16.0 Å². The van der Waals surface area contributed by atoms with Gasteiger partial charge in [0.25, 0.3) is 5.91 Å². The molecule has 0 fully saturated rings. The van der Waals surface area contributed by atoms with Crippen molar-refractivity contribution in [3.8, 4) is 11.3 Å². The van der Waals surface area contributed by atoms with E-state index >= 15 is 0 Å². The largest absolute Gasteiger partial charge is 0.452 e. The molecule has 4 aromatic rings. The van der Waals surface area contributed by atoms with E-state index in [9.17, 15) is 9.59 Å².